The minimum Gasteiger partial charge on any atom is -0.465 e. The Morgan fingerprint density at radius 2 is 1.87 bits per heavy atom. The Bertz CT molecular complexity index is 752. The fourth-order valence-corrected chi connectivity index (χ4v) is 2.21. The zero-order valence-electron chi connectivity index (χ0n) is 13.4. The van der Waals surface area contributed by atoms with Gasteiger partial charge in [-0.3, -0.25) is 10.4 Å². The maximum Gasteiger partial charge on any atom is 0.341 e. The molecule has 2 rings (SSSR count). The van der Waals surface area contributed by atoms with Crippen LogP contribution < -0.4 is 5.32 Å². The highest BCUT2D eigenvalue weighted by Crippen LogP contribution is 2.18. The van der Waals surface area contributed by atoms with Crippen LogP contribution in [0.2, 0.25) is 0 Å². The van der Waals surface area contributed by atoms with E-state index in [0.717, 1.165) is 11.3 Å². The van der Waals surface area contributed by atoms with Crippen LogP contribution in [-0.2, 0) is 9.53 Å². The molecule has 0 saturated heterocycles. The average Bonchev–Trinajstić information content (AvgIpc) is 2.56. The minimum absolute atomic E-state index is 0.0379. The second-order valence-corrected chi connectivity index (χ2v) is 5.03. The molecule has 1 heterocycles. The summed E-state index contributed by atoms with van der Waals surface area (Å²) in [6, 6.07) is 13.1. The lowest BCUT2D eigenvalue weighted by Crippen LogP contribution is -2.20. The number of methoxy groups -OCH3 is 1. The number of esters is 1. The van der Waals surface area contributed by atoms with Crippen molar-refractivity contribution in [2.45, 2.75) is 13.8 Å². The summed E-state index contributed by atoms with van der Waals surface area (Å²) in [4.78, 5) is 16.4. The maximum atomic E-state index is 12.2. The maximum absolute atomic E-state index is 12.2. The lowest BCUT2D eigenvalue weighted by atomic mass is 10.0. The van der Waals surface area contributed by atoms with Crippen LogP contribution in [0.5, 0.6) is 0 Å². The number of aryl methyl sites for hydroxylation is 1. The summed E-state index contributed by atoms with van der Waals surface area (Å²) in [5.41, 5.74) is 2.86. The van der Waals surface area contributed by atoms with Gasteiger partial charge in [0.15, 0.2) is 0 Å². The summed E-state index contributed by atoms with van der Waals surface area (Å²) < 4.78 is 4.85. The number of carbonyl (C=O) groups excluding carboxylic acids is 1. The number of pyridine rings is 1. The monoisotopic (exact) mass is 309 g/mol. The topological polar surface area (TPSA) is 75.1 Å². The van der Waals surface area contributed by atoms with Gasteiger partial charge in [0.1, 0.15) is 5.57 Å². The number of para-hydroxylation sites is 1. The third-order valence-corrected chi connectivity index (χ3v) is 3.37. The number of ether oxygens (including phenoxy) is 1. The molecule has 0 unspecified atom stereocenters. The molecule has 5 heteroatoms. The summed E-state index contributed by atoms with van der Waals surface area (Å²) in [5, 5.41) is 11.5. The molecule has 0 spiro atoms. The molecule has 2 aromatic rings. The van der Waals surface area contributed by atoms with E-state index in [1.165, 1.54) is 7.11 Å². The molecule has 0 saturated carbocycles. The van der Waals surface area contributed by atoms with E-state index in [2.05, 4.69) is 10.3 Å². The molecule has 0 aliphatic carbocycles. The zero-order valence-corrected chi connectivity index (χ0v) is 13.4. The molecule has 0 radical (unpaired) electrons. The van der Waals surface area contributed by atoms with Gasteiger partial charge in [-0.25, -0.2) is 4.79 Å². The number of aromatic nitrogens is 1. The van der Waals surface area contributed by atoms with E-state index in [1.54, 1.807) is 19.2 Å². The normalized spacial score (nSPS) is 11.4. The highest BCUT2D eigenvalue weighted by Gasteiger charge is 2.22. The van der Waals surface area contributed by atoms with E-state index < -0.39 is 5.97 Å². The zero-order chi connectivity index (χ0) is 16.8. The van der Waals surface area contributed by atoms with E-state index in [1.807, 2.05) is 43.3 Å². The van der Waals surface area contributed by atoms with Gasteiger partial charge in [0.25, 0.3) is 0 Å². The second kappa shape index (κ2) is 7.35. The van der Waals surface area contributed by atoms with Crippen LogP contribution >= 0.6 is 0 Å². The average molecular weight is 309 g/mol. The van der Waals surface area contributed by atoms with Crippen molar-refractivity contribution in [2.24, 2.45) is 0 Å². The van der Waals surface area contributed by atoms with Crippen molar-refractivity contribution in [1.29, 1.82) is 5.41 Å². The Morgan fingerprint density at radius 3 is 2.48 bits per heavy atom. The number of rotatable bonds is 5. The van der Waals surface area contributed by atoms with E-state index >= 15 is 0 Å². The van der Waals surface area contributed by atoms with Gasteiger partial charge in [0.2, 0.25) is 0 Å². The van der Waals surface area contributed by atoms with Gasteiger partial charge in [-0.05, 0) is 37.6 Å². The molecule has 0 aliphatic heterocycles. The Kier molecular flexibility index (Phi) is 5.25. The second-order valence-electron chi connectivity index (χ2n) is 5.03. The van der Waals surface area contributed by atoms with Crippen molar-refractivity contribution < 1.29 is 9.53 Å². The molecule has 0 bridgehead atoms. The van der Waals surface area contributed by atoms with Crippen molar-refractivity contribution in [3.8, 4) is 0 Å². The van der Waals surface area contributed by atoms with Gasteiger partial charge in [-0.1, -0.05) is 24.3 Å². The first-order valence-electron chi connectivity index (χ1n) is 7.16. The van der Waals surface area contributed by atoms with Crippen LogP contribution in [0.15, 0.2) is 59.9 Å². The van der Waals surface area contributed by atoms with E-state index in [9.17, 15) is 4.79 Å². The molecule has 0 atom stereocenters. The number of carbonyl (C=O) groups is 1. The van der Waals surface area contributed by atoms with Gasteiger partial charge in [0.05, 0.1) is 18.5 Å². The van der Waals surface area contributed by atoms with E-state index in [-0.39, 0.29) is 11.3 Å². The standard InChI is InChI=1S/C18H19N3O2/c1-12-8-7-11-20-17(12)16(19)15(18(22)23-3)13(2)21-14-9-5-4-6-10-14/h4-11,19,21H,1-3H3/b15-13+,19-16?. The van der Waals surface area contributed by atoms with Gasteiger partial charge < -0.3 is 10.1 Å². The van der Waals surface area contributed by atoms with Crippen LogP contribution in [0, 0.1) is 12.3 Å². The van der Waals surface area contributed by atoms with E-state index in [0.29, 0.717) is 11.4 Å². The summed E-state index contributed by atoms with van der Waals surface area (Å²) in [6.45, 7) is 3.60. The van der Waals surface area contributed by atoms with Crippen molar-refractivity contribution in [3.05, 3.63) is 71.2 Å². The Labute approximate surface area is 135 Å². The number of hydrogen-bond donors (Lipinski definition) is 2. The first kappa shape index (κ1) is 16.4. The number of nitrogens with one attached hydrogen (secondary N) is 2. The lowest BCUT2D eigenvalue weighted by Gasteiger charge is -2.14. The summed E-state index contributed by atoms with van der Waals surface area (Å²) >= 11 is 0. The summed E-state index contributed by atoms with van der Waals surface area (Å²) in [7, 11) is 1.30. The van der Waals surface area contributed by atoms with E-state index in [4.69, 9.17) is 10.1 Å². The Hall–Kier alpha value is -2.95. The molecule has 118 valence electrons. The summed E-state index contributed by atoms with van der Waals surface area (Å²) in [5.74, 6) is -0.569. The highest BCUT2D eigenvalue weighted by molar-refractivity contribution is 6.25. The van der Waals surface area contributed by atoms with Gasteiger partial charge in [-0.2, -0.15) is 0 Å². The molecule has 1 aromatic heterocycles. The number of hydrogen-bond acceptors (Lipinski definition) is 5. The van der Waals surface area contributed by atoms with Gasteiger partial charge >= 0.3 is 5.97 Å². The predicted molar refractivity (Wildman–Crippen MR) is 90.6 cm³/mol. The van der Waals surface area contributed by atoms with Gasteiger partial charge in [0, 0.05) is 17.6 Å². The fourth-order valence-electron chi connectivity index (χ4n) is 2.21. The van der Waals surface area contributed by atoms with Crippen LogP contribution in [0.1, 0.15) is 18.2 Å². The minimum atomic E-state index is -0.569. The molecular weight excluding hydrogens is 290 g/mol. The van der Waals surface area contributed by atoms with Gasteiger partial charge in [-0.15, -0.1) is 0 Å². The molecule has 0 aliphatic rings. The van der Waals surface area contributed by atoms with Crippen molar-refractivity contribution in [3.63, 3.8) is 0 Å². The van der Waals surface area contributed by atoms with Crippen LogP contribution in [0.25, 0.3) is 0 Å². The Balaban J connectivity index is 2.44. The molecule has 0 amide bonds. The smallest absolute Gasteiger partial charge is 0.341 e. The number of anilines is 1. The fraction of sp³-hybridized carbons (Fsp3) is 0.167. The number of allylic oxidation sites excluding steroid dienone is 1. The molecule has 0 fully saturated rings. The molecular formula is C18H19N3O2. The van der Waals surface area contributed by atoms with Crippen LogP contribution in [0.4, 0.5) is 5.69 Å². The highest BCUT2D eigenvalue weighted by atomic mass is 16.5. The lowest BCUT2D eigenvalue weighted by molar-refractivity contribution is -0.135. The first-order valence-corrected chi connectivity index (χ1v) is 7.16. The molecule has 23 heavy (non-hydrogen) atoms. The van der Waals surface area contributed by atoms with Crippen molar-refractivity contribution in [2.75, 3.05) is 12.4 Å². The molecule has 5 nitrogen and oxygen atoms in total. The quantitative estimate of drug-likeness (QED) is 0.505. The number of benzene rings is 1. The third kappa shape index (κ3) is 3.83. The van der Waals surface area contributed by atoms with Crippen LogP contribution in [-0.4, -0.2) is 23.8 Å². The van der Waals surface area contributed by atoms with Crippen molar-refractivity contribution >= 4 is 17.4 Å². The SMILES string of the molecule is COC(=O)/C(C(=N)c1ncccc1C)=C(\C)Nc1ccccc1. The molecule has 1 aromatic carbocycles. The van der Waals surface area contributed by atoms with Crippen molar-refractivity contribution in [1.82, 2.24) is 4.98 Å². The Morgan fingerprint density at radius 1 is 1.17 bits per heavy atom. The molecule has 2 N–H and O–H groups in total. The first-order chi connectivity index (χ1) is 11.0. The predicted octanol–water partition coefficient (Wildman–Crippen LogP) is 3.32. The largest absolute Gasteiger partial charge is 0.465 e. The van der Waals surface area contributed by atoms with Crippen LogP contribution in [0.3, 0.4) is 0 Å². The third-order valence-electron chi connectivity index (χ3n) is 3.37. The summed E-state index contributed by atoms with van der Waals surface area (Å²) in [6.07, 6.45) is 1.60. The number of nitrogens with zero attached hydrogens (tertiary/aromatic N) is 1.